The predicted octanol–water partition coefficient (Wildman–Crippen LogP) is 3.69. The van der Waals surface area contributed by atoms with Crippen molar-refractivity contribution in [1.82, 2.24) is 4.90 Å². The molecule has 2 aliphatic heterocycles. The van der Waals surface area contributed by atoms with E-state index in [9.17, 15) is 9.59 Å². The van der Waals surface area contributed by atoms with E-state index < -0.39 is 6.04 Å². The second-order valence-corrected chi connectivity index (χ2v) is 8.89. The molecule has 0 bridgehead atoms. The number of ether oxygens (including phenoxy) is 1. The molecule has 4 atom stereocenters. The van der Waals surface area contributed by atoms with Gasteiger partial charge in [-0.2, -0.15) is 11.8 Å². The third-order valence-corrected chi connectivity index (χ3v) is 6.88. The number of amides is 1. The van der Waals surface area contributed by atoms with Gasteiger partial charge in [0, 0.05) is 11.3 Å². The number of benzene rings is 2. The Hall–Kier alpha value is -2.27. The summed E-state index contributed by atoms with van der Waals surface area (Å²) in [4.78, 5) is 27.6. The number of hydrogen-bond donors (Lipinski definition) is 0. The van der Waals surface area contributed by atoms with Crippen LogP contribution in [0.25, 0.3) is 0 Å². The van der Waals surface area contributed by atoms with Crippen LogP contribution in [0.4, 0.5) is 0 Å². The van der Waals surface area contributed by atoms with Crippen LogP contribution in [-0.4, -0.2) is 39.9 Å². The second-order valence-electron chi connectivity index (χ2n) is 7.38. The summed E-state index contributed by atoms with van der Waals surface area (Å²) in [5.41, 5.74) is 2.14. The predicted molar refractivity (Wildman–Crippen MR) is 111 cm³/mol. The summed E-state index contributed by atoms with van der Waals surface area (Å²) in [6.45, 7) is 2.34. The molecule has 1 amide bonds. The SMILES string of the molecule is CCSC1CC2C(Cc3ccccc3)C(=O)N2[C@H]1C(=O)OCc1ccccc1. The van der Waals surface area contributed by atoms with Crippen molar-refractivity contribution >= 4 is 23.6 Å². The molecule has 4 rings (SSSR count). The Balaban J connectivity index is 1.44. The maximum atomic E-state index is 12.9. The van der Waals surface area contributed by atoms with E-state index in [1.807, 2.05) is 48.5 Å². The molecule has 3 unspecified atom stereocenters. The average Bonchev–Trinajstić information content (AvgIpc) is 3.07. The normalized spacial score (nSPS) is 25.9. The van der Waals surface area contributed by atoms with Gasteiger partial charge in [0.15, 0.2) is 0 Å². The standard InChI is InChI=1S/C23H25NO3S/c1-2-28-20-14-19-18(13-16-9-5-3-6-10-16)22(25)24(19)21(20)23(26)27-15-17-11-7-4-8-12-17/h3-12,18-21H,2,13-15H2,1H3/t18?,19?,20?,21-/m1/s1. The molecule has 2 saturated heterocycles. The number of fused-ring (bicyclic) bond motifs is 1. The molecule has 4 nitrogen and oxygen atoms in total. The Morgan fingerprint density at radius 1 is 1.07 bits per heavy atom. The first-order chi connectivity index (χ1) is 13.7. The minimum absolute atomic E-state index is 0.0192. The number of rotatable bonds is 7. The van der Waals surface area contributed by atoms with Crippen molar-refractivity contribution in [3.8, 4) is 0 Å². The molecule has 0 spiro atoms. The average molecular weight is 396 g/mol. The number of hydrogen-bond acceptors (Lipinski definition) is 4. The Kier molecular flexibility index (Phi) is 5.72. The van der Waals surface area contributed by atoms with Gasteiger partial charge in [-0.3, -0.25) is 4.79 Å². The van der Waals surface area contributed by atoms with Crippen LogP contribution in [0.5, 0.6) is 0 Å². The molecule has 0 radical (unpaired) electrons. The zero-order valence-corrected chi connectivity index (χ0v) is 16.8. The van der Waals surface area contributed by atoms with Gasteiger partial charge in [0.1, 0.15) is 12.6 Å². The van der Waals surface area contributed by atoms with Crippen LogP contribution in [0.1, 0.15) is 24.5 Å². The minimum Gasteiger partial charge on any atom is -0.459 e. The molecule has 28 heavy (non-hydrogen) atoms. The highest BCUT2D eigenvalue weighted by atomic mass is 32.2. The number of carbonyl (C=O) groups is 2. The summed E-state index contributed by atoms with van der Waals surface area (Å²) < 4.78 is 5.60. The van der Waals surface area contributed by atoms with E-state index in [2.05, 4.69) is 19.1 Å². The van der Waals surface area contributed by atoms with E-state index in [-0.39, 0.29) is 35.7 Å². The lowest BCUT2D eigenvalue weighted by Gasteiger charge is -2.45. The topological polar surface area (TPSA) is 46.6 Å². The van der Waals surface area contributed by atoms with Crippen molar-refractivity contribution in [2.45, 2.75) is 43.7 Å². The molecule has 146 valence electrons. The van der Waals surface area contributed by atoms with Gasteiger partial charge in [-0.25, -0.2) is 4.79 Å². The molecule has 2 aromatic carbocycles. The molecule has 2 heterocycles. The number of thioether (sulfide) groups is 1. The highest BCUT2D eigenvalue weighted by Gasteiger charge is 2.59. The van der Waals surface area contributed by atoms with Crippen LogP contribution < -0.4 is 0 Å². The molecule has 0 aromatic heterocycles. The summed E-state index contributed by atoms with van der Waals surface area (Å²) >= 11 is 1.76. The van der Waals surface area contributed by atoms with Crippen LogP contribution in [0, 0.1) is 5.92 Å². The lowest BCUT2D eigenvalue weighted by molar-refractivity contribution is -0.167. The summed E-state index contributed by atoms with van der Waals surface area (Å²) in [7, 11) is 0. The van der Waals surface area contributed by atoms with E-state index in [4.69, 9.17) is 4.74 Å². The first kappa shape index (κ1) is 19.1. The van der Waals surface area contributed by atoms with Gasteiger partial charge in [-0.05, 0) is 29.7 Å². The number of carbonyl (C=O) groups excluding carboxylic acids is 2. The van der Waals surface area contributed by atoms with Crippen molar-refractivity contribution in [1.29, 1.82) is 0 Å². The lowest BCUT2D eigenvalue weighted by atomic mass is 9.83. The van der Waals surface area contributed by atoms with Gasteiger partial charge in [0.25, 0.3) is 0 Å². The van der Waals surface area contributed by atoms with Crippen LogP contribution in [-0.2, 0) is 27.4 Å². The summed E-state index contributed by atoms with van der Waals surface area (Å²) in [5.74, 6) is 0.721. The fourth-order valence-corrected chi connectivity index (χ4v) is 5.53. The van der Waals surface area contributed by atoms with Gasteiger partial charge in [-0.15, -0.1) is 0 Å². The highest BCUT2D eigenvalue weighted by molar-refractivity contribution is 7.99. The van der Waals surface area contributed by atoms with Crippen molar-refractivity contribution in [2.75, 3.05) is 5.75 Å². The zero-order chi connectivity index (χ0) is 19.5. The smallest absolute Gasteiger partial charge is 0.330 e. The maximum absolute atomic E-state index is 12.9. The molecule has 5 heteroatoms. The van der Waals surface area contributed by atoms with E-state index in [0.717, 1.165) is 24.2 Å². The fourth-order valence-electron chi connectivity index (χ4n) is 4.34. The number of esters is 1. The highest BCUT2D eigenvalue weighted by Crippen LogP contribution is 2.45. The Labute approximate surface area is 170 Å². The molecule has 2 aliphatic rings. The van der Waals surface area contributed by atoms with Gasteiger partial charge in [-0.1, -0.05) is 67.6 Å². The van der Waals surface area contributed by atoms with Crippen molar-refractivity contribution < 1.29 is 14.3 Å². The monoisotopic (exact) mass is 395 g/mol. The Morgan fingerprint density at radius 3 is 2.36 bits per heavy atom. The van der Waals surface area contributed by atoms with Crippen molar-refractivity contribution in [2.24, 2.45) is 5.92 Å². The summed E-state index contributed by atoms with van der Waals surface area (Å²) in [6.07, 6.45) is 1.61. The Morgan fingerprint density at radius 2 is 1.71 bits per heavy atom. The third-order valence-electron chi connectivity index (χ3n) is 5.66. The quantitative estimate of drug-likeness (QED) is 0.530. The molecule has 0 N–H and O–H groups in total. The first-order valence-corrected chi connectivity index (χ1v) is 10.9. The van der Waals surface area contributed by atoms with Crippen molar-refractivity contribution in [3.63, 3.8) is 0 Å². The molecule has 2 fully saturated rings. The minimum atomic E-state index is -0.460. The van der Waals surface area contributed by atoms with Gasteiger partial charge < -0.3 is 9.64 Å². The number of β-lactam (4-membered cyclic amide) rings is 1. The van der Waals surface area contributed by atoms with Gasteiger partial charge >= 0.3 is 5.97 Å². The Bertz CT molecular complexity index is 826. The first-order valence-electron chi connectivity index (χ1n) is 9.87. The van der Waals surface area contributed by atoms with E-state index in [1.165, 1.54) is 5.56 Å². The van der Waals surface area contributed by atoms with Crippen molar-refractivity contribution in [3.05, 3.63) is 71.8 Å². The van der Waals surface area contributed by atoms with E-state index in [0.29, 0.717) is 0 Å². The molecular weight excluding hydrogens is 370 g/mol. The fraction of sp³-hybridized carbons (Fsp3) is 0.391. The van der Waals surface area contributed by atoms with Gasteiger partial charge in [0.05, 0.1) is 5.92 Å². The van der Waals surface area contributed by atoms with E-state index in [1.54, 1.807) is 16.7 Å². The number of nitrogens with zero attached hydrogens (tertiary/aromatic N) is 1. The molecule has 0 aliphatic carbocycles. The van der Waals surface area contributed by atoms with Crippen LogP contribution in [0.3, 0.4) is 0 Å². The van der Waals surface area contributed by atoms with Crippen LogP contribution in [0.15, 0.2) is 60.7 Å². The maximum Gasteiger partial charge on any atom is 0.330 e. The van der Waals surface area contributed by atoms with E-state index >= 15 is 0 Å². The van der Waals surface area contributed by atoms with Crippen LogP contribution >= 0.6 is 11.8 Å². The summed E-state index contributed by atoms with van der Waals surface area (Å²) in [6, 6.07) is 19.5. The molecular formula is C23H25NO3S. The van der Waals surface area contributed by atoms with Crippen LogP contribution in [0.2, 0.25) is 0 Å². The molecule has 2 aromatic rings. The second kappa shape index (κ2) is 8.39. The zero-order valence-electron chi connectivity index (χ0n) is 16.0. The largest absolute Gasteiger partial charge is 0.459 e. The van der Waals surface area contributed by atoms with Gasteiger partial charge in [0.2, 0.25) is 5.91 Å². The third kappa shape index (κ3) is 3.68. The molecule has 0 saturated carbocycles. The lowest BCUT2D eigenvalue weighted by Crippen LogP contribution is -2.62. The summed E-state index contributed by atoms with van der Waals surface area (Å²) in [5, 5.41) is 0.114.